The van der Waals surface area contributed by atoms with Crippen LogP contribution in [0.4, 0.5) is 0 Å². The second-order valence-corrected chi connectivity index (χ2v) is 5.48. The van der Waals surface area contributed by atoms with Gasteiger partial charge < -0.3 is 10.5 Å². The zero-order valence-corrected chi connectivity index (χ0v) is 14.2. The van der Waals surface area contributed by atoms with Crippen molar-refractivity contribution in [2.45, 2.75) is 32.1 Å². The minimum atomic E-state index is -0.490. The number of pyridine rings is 1. The van der Waals surface area contributed by atoms with Crippen molar-refractivity contribution in [3.63, 3.8) is 0 Å². The van der Waals surface area contributed by atoms with Crippen LogP contribution in [-0.4, -0.2) is 25.1 Å². The number of nitrogens with two attached hydrogens (primary N) is 1. The van der Waals surface area contributed by atoms with Crippen molar-refractivity contribution in [2.75, 3.05) is 14.2 Å². The Morgan fingerprint density at radius 2 is 1.83 bits per heavy atom. The second kappa shape index (κ2) is 10.5. The molecule has 1 atom stereocenters. The fraction of sp³-hybridized carbons (Fsp3) is 0.368. The van der Waals surface area contributed by atoms with Crippen LogP contribution in [0.1, 0.15) is 47.3 Å². The van der Waals surface area contributed by atoms with Gasteiger partial charge in [0.25, 0.3) is 5.91 Å². The van der Waals surface area contributed by atoms with Gasteiger partial charge in [0.15, 0.2) is 0 Å². The van der Waals surface area contributed by atoms with Crippen LogP contribution < -0.4 is 5.73 Å². The van der Waals surface area contributed by atoms with Crippen molar-refractivity contribution in [2.24, 2.45) is 5.73 Å². The lowest BCUT2D eigenvalue weighted by Gasteiger charge is -2.21. The molecule has 3 rings (SSSR count). The number of methoxy groups -OCH3 is 1. The van der Waals surface area contributed by atoms with Crippen LogP contribution in [0.2, 0.25) is 0 Å². The molecule has 0 aliphatic heterocycles. The first kappa shape index (κ1) is 18.8. The van der Waals surface area contributed by atoms with Gasteiger partial charge in [0.1, 0.15) is 5.69 Å². The van der Waals surface area contributed by atoms with Gasteiger partial charge in [0, 0.05) is 20.4 Å². The average molecular weight is 314 g/mol. The Hall–Kier alpha value is -2.20. The Morgan fingerprint density at radius 3 is 2.35 bits per heavy atom. The number of aryl methyl sites for hydroxylation is 1. The zero-order chi connectivity index (χ0) is 17.1. The van der Waals surface area contributed by atoms with E-state index in [2.05, 4.69) is 40.9 Å². The lowest BCUT2D eigenvalue weighted by Crippen LogP contribution is -2.12. The molecule has 1 heterocycles. The zero-order valence-electron chi connectivity index (χ0n) is 14.2. The molecule has 4 heteroatoms. The third-order valence-corrected chi connectivity index (χ3v) is 3.59. The first-order valence-corrected chi connectivity index (χ1v) is 7.78. The summed E-state index contributed by atoms with van der Waals surface area (Å²) in [6.45, 7) is 2.33. The van der Waals surface area contributed by atoms with Gasteiger partial charge in [-0.25, -0.2) is 0 Å². The SMILES string of the molecule is CC1CCCc2ccccc21.COC.NC(=O)c1ccccn1. The quantitative estimate of drug-likeness (QED) is 0.875. The van der Waals surface area contributed by atoms with Crippen molar-refractivity contribution >= 4 is 5.91 Å². The van der Waals surface area contributed by atoms with Gasteiger partial charge in [-0.1, -0.05) is 37.3 Å². The first-order chi connectivity index (χ1) is 11.1. The number of aromatic nitrogens is 1. The van der Waals surface area contributed by atoms with Crippen LogP contribution in [-0.2, 0) is 11.2 Å². The third kappa shape index (κ3) is 6.61. The van der Waals surface area contributed by atoms with Crippen molar-refractivity contribution in [1.82, 2.24) is 4.98 Å². The maximum absolute atomic E-state index is 10.4. The Kier molecular flexibility index (Phi) is 8.62. The van der Waals surface area contributed by atoms with Gasteiger partial charge >= 0.3 is 0 Å². The van der Waals surface area contributed by atoms with Crippen LogP contribution in [0.3, 0.4) is 0 Å². The molecule has 4 nitrogen and oxygen atoms in total. The van der Waals surface area contributed by atoms with Gasteiger partial charge in [0.2, 0.25) is 0 Å². The highest BCUT2D eigenvalue weighted by atomic mass is 16.4. The molecule has 0 spiro atoms. The van der Waals surface area contributed by atoms with Crippen molar-refractivity contribution in [3.8, 4) is 0 Å². The molecule has 0 radical (unpaired) electrons. The number of benzene rings is 1. The maximum atomic E-state index is 10.4. The summed E-state index contributed by atoms with van der Waals surface area (Å²) in [5.74, 6) is 0.301. The molecule has 1 unspecified atom stereocenters. The van der Waals surface area contributed by atoms with E-state index in [0.29, 0.717) is 5.69 Å². The van der Waals surface area contributed by atoms with Crippen molar-refractivity contribution in [3.05, 3.63) is 65.5 Å². The lowest BCUT2D eigenvalue weighted by molar-refractivity contribution is 0.0995. The highest BCUT2D eigenvalue weighted by Gasteiger charge is 2.14. The molecule has 0 fully saturated rings. The van der Waals surface area contributed by atoms with Crippen LogP contribution in [0.5, 0.6) is 0 Å². The van der Waals surface area contributed by atoms with Crippen LogP contribution in [0.15, 0.2) is 48.7 Å². The Labute approximate surface area is 138 Å². The molecule has 1 aromatic carbocycles. The monoisotopic (exact) mass is 314 g/mol. The van der Waals surface area contributed by atoms with E-state index in [0.717, 1.165) is 5.92 Å². The number of primary amides is 1. The number of fused-ring (bicyclic) bond motifs is 1. The average Bonchev–Trinajstić information content (AvgIpc) is 2.57. The molecule has 0 bridgehead atoms. The predicted molar refractivity (Wildman–Crippen MR) is 93.5 cm³/mol. The summed E-state index contributed by atoms with van der Waals surface area (Å²) in [6.07, 6.45) is 5.57. The molecule has 1 aliphatic rings. The van der Waals surface area contributed by atoms with Gasteiger partial charge in [-0.2, -0.15) is 0 Å². The molecule has 1 aromatic heterocycles. The minimum absolute atomic E-state index is 0.303. The predicted octanol–water partition coefficient (Wildman–Crippen LogP) is 3.57. The fourth-order valence-corrected chi connectivity index (χ4v) is 2.51. The van der Waals surface area contributed by atoms with E-state index >= 15 is 0 Å². The molecular weight excluding hydrogens is 288 g/mol. The summed E-state index contributed by atoms with van der Waals surface area (Å²) in [4.78, 5) is 14.1. The molecule has 0 saturated heterocycles. The molecular formula is C19H26N2O2. The molecule has 1 aliphatic carbocycles. The number of nitrogens with zero attached hydrogens (tertiary/aromatic N) is 1. The van der Waals surface area contributed by atoms with E-state index in [4.69, 9.17) is 5.73 Å². The van der Waals surface area contributed by atoms with E-state index < -0.39 is 5.91 Å². The summed E-state index contributed by atoms with van der Waals surface area (Å²) < 4.78 is 4.25. The first-order valence-electron chi connectivity index (χ1n) is 7.78. The number of hydrogen-bond donors (Lipinski definition) is 1. The standard InChI is InChI=1S/C11H14.C6H6N2O.C2H6O/c1-9-5-4-7-10-6-2-3-8-11(9)10;7-6(9)5-3-1-2-4-8-5;1-3-2/h2-3,6,8-9H,4-5,7H2,1H3;1-4H,(H2,7,9);1-2H3. The molecule has 1 amide bonds. The largest absolute Gasteiger partial charge is 0.388 e. The van der Waals surface area contributed by atoms with E-state index in [1.807, 2.05) is 0 Å². The van der Waals surface area contributed by atoms with Crippen LogP contribution in [0, 0.1) is 0 Å². The number of amides is 1. The molecule has 0 saturated carbocycles. The maximum Gasteiger partial charge on any atom is 0.267 e. The van der Waals surface area contributed by atoms with Gasteiger partial charge in [-0.3, -0.25) is 9.78 Å². The summed E-state index contributed by atoms with van der Waals surface area (Å²) in [7, 11) is 3.25. The molecule has 124 valence electrons. The van der Waals surface area contributed by atoms with Crippen LogP contribution >= 0.6 is 0 Å². The van der Waals surface area contributed by atoms with Crippen molar-refractivity contribution in [1.29, 1.82) is 0 Å². The minimum Gasteiger partial charge on any atom is -0.388 e. The Morgan fingerprint density at radius 1 is 1.17 bits per heavy atom. The summed E-state index contributed by atoms with van der Waals surface area (Å²) in [5.41, 5.74) is 8.37. The number of ether oxygens (including phenoxy) is 1. The van der Waals surface area contributed by atoms with E-state index in [9.17, 15) is 4.79 Å². The fourth-order valence-electron chi connectivity index (χ4n) is 2.51. The molecule has 2 aromatic rings. The topological polar surface area (TPSA) is 65.2 Å². The molecule has 2 N–H and O–H groups in total. The Balaban J connectivity index is 0.000000200. The van der Waals surface area contributed by atoms with Gasteiger partial charge in [-0.15, -0.1) is 0 Å². The highest BCUT2D eigenvalue weighted by molar-refractivity contribution is 5.90. The van der Waals surface area contributed by atoms with Gasteiger partial charge in [0.05, 0.1) is 0 Å². The van der Waals surface area contributed by atoms with Crippen molar-refractivity contribution < 1.29 is 9.53 Å². The van der Waals surface area contributed by atoms with Gasteiger partial charge in [-0.05, 0) is 48.4 Å². The normalized spacial score (nSPS) is 15.2. The van der Waals surface area contributed by atoms with E-state index in [-0.39, 0.29) is 0 Å². The third-order valence-electron chi connectivity index (χ3n) is 3.59. The summed E-state index contributed by atoms with van der Waals surface area (Å²) >= 11 is 0. The molecule has 23 heavy (non-hydrogen) atoms. The lowest BCUT2D eigenvalue weighted by atomic mass is 9.84. The second-order valence-electron chi connectivity index (χ2n) is 5.48. The van der Waals surface area contributed by atoms with Crippen LogP contribution in [0.25, 0.3) is 0 Å². The number of carbonyl (C=O) groups is 1. The summed E-state index contributed by atoms with van der Waals surface area (Å²) in [6, 6.07) is 13.9. The van der Waals surface area contributed by atoms with E-state index in [1.54, 1.807) is 43.5 Å². The van der Waals surface area contributed by atoms with E-state index in [1.165, 1.54) is 25.5 Å². The Bertz CT molecular complexity index is 585. The number of rotatable bonds is 1. The number of carbonyl (C=O) groups excluding carboxylic acids is 1. The number of hydrogen-bond acceptors (Lipinski definition) is 3. The summed E-state index contributed by atoms with van der Waals surface area (Å²) in [5, 5.41) is 0. The highest BCUT2D eigenvalue weighted by Crippen LogP contribution is 2.30. The smallest absolute Gasteiger partial charge is 0.267 e.